The Morgan fingerprint density at radius 1 is 0.878 bits per heavy atom. The summed E-state index contributed by atoms with van der Waals surface area (Å²) in [6.45, 7) is 4.96. The molecular weight excluding hydrogens is 530 g/mol. The molecule has 0 aliphatic heterocycles. The second kappa shape index (κ2) is 11.9. The standard InChI is InChI=1S/C33H31N5O2S/c1-3-4-5-9-20-40-28-18-16-24(17-19-28)30-26(22-37(35-30)27-10-7-6-8-11-27)21-29-32(39)38-33(41-29)34-31(36-38)25-14-12-23(2)13-15-25/h6-8,10-19,21-22H,3-5,9,20H2,1-2H3/b29-21-. The number of aryl methyl sites for hydroxylation is 1. The van der Waals surface area contributed by atoms with Crippen molar-refractivity contribution in [1.29, 1.82) is 0 Å². The molecule has 0 radical (unpaired) electrons. The van der Waals surface area contributed by atoms with Crippen LogP contribution in [0.25, 0.3) is 39.4 Å². The number of rotatable bonds is 10. The van der Waals surface area contributed by atoms with Crippen LogP contribution in [-0.2, 0) is 0 Å². The van der Waals surface area contributed by atoms with E-state index in [0.29, 0.717) is 21.9 Å². The van der Waals surface area contributed by atoms with Gasteiger partial charge in [-0.05, 0) is 55.8 Å². The molecule has 0 atom stereocenters. The van der Waals surface area contributed by atoms with E-state index in [1.165, 1.54) is 35.1 Å². The lowest BCUT2D eigenvalue weighted by Crippen LogP contribution is -2.23. The number of ether oxygens (including phenoxy) is 1. The number of benzene rings is 3. The van der Waals surface area contributed by atoms with Gasteiger partial charge in [-0.1, -0.05) is 85.6 Å². The van der Waals surface area contributed by atoms with E-state index >= 15 is 0 Å². The third kappa shape index (κ3) is 5.83. The second-order valence-electron chi connectivity index (χ2n) is 10.1. The molecule has 6 rings (SSSR count). The Morgan fingerprint density at radius 2 is 1.63 bits per heavy atom. The van der Waals surface area contributed by atoms with E-state index < -0.39 is 0 Å². The van der Waals surface area contributed by atoms with Crippen molar-refractivity contribution in [3.05, 3.63) is 111 Å². The van der Waals surface area contributed by atoms with Crippen molar-refractivity contribution in [2.24, 2.45) is 0 Å². The van der Waals surface area contributed by atoms with Gasteiger partial charge in [0.05, 0.1) is 16.8 Å². The summed E-state index contributed by atoms with van der Waals surface area (Å²) in [6, 6.07) is 25.9. The number of hydrogen-bond acceptors (Lipinski definition) is 6. The molecule has 0 N–H and O–H groups in total. The monoisotopic (exact) mass is 561 g/mol. The maximum absolute atomic E-state index is 13.4. The van der Waals surface area contributed by atoms with Gasteiger partial charge in [-0.2, -0.15) is 14.6 Å². The van der Waals surface area contributed by atoms with Crippen LogP contribution < -0.4 is 14.8 Å². The first-order valence-electron chi connectivity index (χ1n) is 14.0. The largest absolute Gasteiger partial charge is 0.494 e. The summed E-state index contributed by atoms with van der Waals surface area (Å²) in [5.74, 6) is 1.39. The normalized spacial score (nSPS) is 11.9. The Morgan fingerprint density at radius 3 is 2.37 bits per heavy atom. The van der Waals surface area contributed by atoms with Gasteiger partial charge in [0.1, 0.15) is 11.4 Å². The maximum Gasteiger partial charge on any atom is 0.291 e. The van der Waals surface area contributed by atoms with Crippen LogP contribution in [0.2, 0.25) is 0 Å². The molecule has 3 heterocycles. The Hall–Kier alpha value is -4.56. The van der Waals surface area contributed by atoms with Crippen molar-refractivity contribution in [3.63, 3.8) is 0 Å². The third-order valence-corrected chi connectivity index (χ3v) is 7.90. The molecule has 0 spiro atoms. The lowest BCUT2D eigenvalue weighted by molar-refractivity contribution is 0.305. The highest BCUT2D eigenvalue weighted by Gasteiger charge is 2.15. The van der Waals surface area contributed by atoms with Gasteiger partial charge in [-0.25, -0.2) is 4.68 Å². The molecule has 0 saturated heterocycles. The predicted octanol–water partition coefficient (Wildman–Crippen LogP) is 6.49. The van der Waals surface area contributed by atoms with Crippen molar-refractivity contribution in [1.82, 2.24) is 24.4 Å². The molecule has 206 valence electrons. The van der Waals surface area contributed by atoms with Crippen molar-refractivity contribution < 1.29 is 4.74 Å². The van der Waals surface area contributed by atoms with Crippen LogP contribution in [-0.4, -0.2) is 31.0 Å². The van der Waals surface area contributed by atoms with E-state index in [0.717, 1.165) is 45.8 Å². The molecule has 3 aromatic carbocycles. The summed E-state index contributed by atoms with van der Waals surface area (Å²) < 4.78 is 9.73. The fourth-order valence-corrected chi connectivity index (χ4v) is 5.56. The van der Waals surface area contributed by atoms with E-state index in [9.17, 15) is 4.79 Å². The summed E-state index contributed by atoms with van der Waals surface area (Å²) in [4.78, 5) is 18.6. The van der Waals surface area contributed by atoms with Crippen LogP contribution in [0.5, 0.6) is 5.75 Å². The van der Waals surface area contributed by atoms with Gasteiger partial charge in [0.25, 0.3) is 5.56 Å². The number of para-hydroxylation sites is 1. The van der Waals surface area contributed by atoms with Crippen LogP contribution in [0.3, 0.4) is 0 Å². The molecule has 0 aliphatic carbocycles. The summed E-state index contributed by atoms with van der Waals surface area (Å²) in [5, 5.41) is 9.42. The van der Waals surface area contributed by atoms with Gasteiger partial charge >= 0.3 is 0 Å². The fraction of sp³-hybridized carbons (Fsp3) is 0.212. The molecule has 0 unspecified atom stereocenters. The minimum atomic E-state index is -0.193. The molecule has 0 bridgehead atoms. The Kier molecular flexibility index (Phi) is 7.73. The van der Waals surface area contributed by atoms with Crippen LogP contribution in [0.15, 0.2) is 89.9 Å². The molecule has 41 heavy (non-hydrogen) atoms. The van der Waals surface area contributed by atoms with E-state index in [2.05, 4.69) is 17.0 Å². The number of fused-ring (bicyclic) bond motifs is 1. The first-order chi connectivity index (χ1) is 20.1. The maximum atomic E-state index is 13.4. The van der Waals surface area contributed by atoms with Gasteiger partial charge < -0.3 is 4.74 Å². The number of unbranched alkanes of at least 4 members (excludes halogenated alkanes) is 3. The van der Waals surface area contributed by atoms with E-state index in [4.69, 9.17) is 9.84 Å². The number of aromatic nitrogens is 5. The van der Waals surface area contributed by atoms with E-state index in [-0.39, 0.29) is 5.56 Å². The van der Waals surface area contributed by atoms with Crippen LogP contribution in [0.4, 0.5) is 0 Å². The van der Waals surface area contributed by atoms with Crippen molar-refractivity contribution in [2.75, 3.05) is 6.61 Å². The summed E-state index contributed by atoms with van der Waals surface area (Å²) in [5.41, 5.74) is 5.35. The topological polar surface area (TPSA) is 74.3 Å². The zero-order valence-corrected chi connectivity index (χ0v) is 24.0. The highest BCUT2D eigenvalue weighted by Crippen LogP contribution is 2.27. The fourth-order valence-electron chi connectivity index (χ4n) is 4.66. The minimum absolute atomic E-state index is 0.193. The molecule has 3 aromatic heterocycles. The van der Waals surface area contributed by atoms with Crippen LogP contribution in [0, 0.1) is 6.92 Å². The molecular formula is C33H31N5O2S. The van der Waals surface area contributed by atoms with Crippen LogP contribution >= 0.6 is 11.3 Å². The van der Waals surface area contributed by atoms with Gasteiger partial charge in [-0.3, -0.25) is 4.79 Å². The van der Waals surface area contributed by atoms with E-state index in [1.807, 2.05) is 103 Å². The first-order valence-corrected chi connectivity index (χ1v) is 14.8. The Labute approximate surface area is 242 Å². The van der Waals surface area contributed by atoms with Crippen molar-refractivity contribution in [3.8, 4) is 34.1 Å². The van der Waals surface area contributed by atoms with Gasteiger partial charge in [0, 0.05) is 22.9 Å². The SMILES string of the molecule is CCCCCCOc1ccc(-c2nn(-c3ccccc3)cc2/C=c2\sc3nc(-c4ccc(C)cc4)nn3c2=O)cc1. The Bertz CT molecular complexity index is 1870. The number of hydrogen-bond donors (Lipinski definition) is 0. The molecule has 0 aliphatic rings. The lowest BCUT2D eigenvalue weighted by Gasteiger charge is -2.07. The van der Waals surface area contributed by atoms with Crippen LogP contribution in [0.1, 0.15) is 43.7 Å². The average Bonchev–Trinajstić information content (AvgIpc) is 3.69. The van der Waals surface area contributed by atoms with Gasteiger partial charge in [0.15, 0.2) is 5.82 Å². The zero-order chi connectivity index (χ0) is 28.2. The highest BCUT2D eigenvalue weighted by atomic mass is 32.1. The summed E-state index contributed by atoms with van der Waals surface area (Å²) >= 11 is 1.33. The van der Waals surface area contributed by atoms with Crippen molar-refractivity contribution in [2.45, 2.75) is 39.5 Å². The van der Waals surface area contributed by atoms with Gasteiger partial charge in [0.2, 0.25) is 4.96 Å². The highest BCUT2D eigenvalue weighted by molar-refractivity contribution is 7.15. The number of nitrogens with zero attached hydrogens (tertiary/aromatic N) is 5. The number of thiazole rings is 1. The van der Waals surface area contributed by atoms with E-state index in [1.54, 1.807) is 0 Å². The first kappa shape index (κ1) is 26.7. The molecule has 7 nitrogen and oxygen atoms in total. The van der Waals surface area contributed by atoms with Gasteiger partial charge in [-0.15, -0.1) is 5.10 Å². The minimum Gasteiger partial charge on any atom is -0.494 e. The molecule has 0 saturated carbocycles. The Balaban J connectivity index is 1.34. The predicted molar refractivity (Wildman–Crippen MR) is 165 cm³/mol. The zero-order valence-electron chi connectivity index (χ0n) is 23.2. The molecule has 0 amide bonds. The molecule has 0 fully saturated rings. The summed E-state index contributed by atoms with van der Waals surface area (Å²) in [7, 11) is 0. The molecule has 6 aromatic rings. The van der Waals surface area contributed by atoms with Crippen molar-refractivity contribution >= 4 is 22.4 Å². The summed E-state index contributed by atoms with van der Waals surface area (Å²) in [6.07, 6.45) is 8.52. The average molecular weight is 562 g/mol. The smallest absolute Gasteiger partial charge is 0.291 e. The lowest BCUT2D eigenvalue weighted by atomic mass is 10.1. The quantitative estimate of drug-likeness (QED) is 0.179. The molecule has 8 heteroatoms. The third-order valence-electron chi connectivity index (χ3n) is 6.94. The second-order valence-corrected chi connectivity index (χ2v) is 11.1.